The summed E-state index contributed by atoms with van der Waals surface area (Å²) in [5.41, 5.74) is 0. The first kappa shape index (κ1) is 9.27. The van der Waals surface area contributed by atoms with E-state index in [1.165, 1.54) is 0 Å². The molecule has 0 radical (unpaired) electrons. The van der Waals surface area contributed by atoms with Crippen molar-refractivity contribution >= 4 is 17.5 Å². The molecule has 3 nitrogen and oxygen atoms in total. The monoisotopic (exact) mass is 210 g/mol. The van der Waals surface area contributed by atoms with E-state index in [0.29, 0.717) is 13.2 Å². The van der Waals surface area contributed by atoms with E-state index in [9.17, 15) is 0 Å². The van der Waals surface area contributed by atoms with E-state index in [4.69, 9.17) is 26.4 Å². The summed E-state index contributed by atoms with van der Waals surface area (Å²) in [6.45, 7) is 0.940. The Kier molecular flexibility index (Phi) is 2.84. The molecule has 74 valence electrons. The van der Waals surface area contributed by atoms with Crippen LogP contribution in [-0.4, -0.2) is 24.6 Å². The molecule has 1 aliphatic rings. The molecule has 1 aromatic carbocycles. The molecule has 2 rings (SSSR count). The first-order chi connectivity index (χ1) is 6.84. The summed E-state index contributed by atoms with van der Waals surface area (Å²) in [5.74, 6) is 0.828. The number of para-hydroxylation sites is 1. The maximum absolute atomic E-state index is 5.47. The molecule has 0 aliphatic carbocycles. The van der Waals surface area contributed by atoms with Crippen molar-refractivity contribution in [3.8, 4) is 5.75 Å². The van der Waals surface area contributed by atoms with E-state index in [-0.39, 0.29) is 11.3 Å². The smallest absolute Gasteiger partial charge is 0.352 e. The highest BCUT2D eigenvalue weighted by Gasteiger charge is 2.22. The lowest BCUT2D eigenvalue weighted by atomic mass is 10.3. The van der Waals surface area contributed by atoms with Gasteiger partial charge in [0.2, 0.25) is 0 Å². The van der Waals surface area contributed by atoms with Gasteiger partial charge in [-0.25, -0.2) is 0 Å². The van der Waals surface area contributed by atoms with Crippen LogP contribution in [0.25, 0.3) is 0 Å². The molecule has 0 spiro atoms. The predicted molar refractivity (Wildman–Crippen MR) is 55.4 cm³/mol. The lowest BCUT2D eigenvalue weighted by molar-refractivity contribution is 0.145. The molecular formula is C10H10O3S. The molecule has 4 heteroatoms. The van der Waals surface area contributed by atoms with Gasteiger partial charge in [-0.1, -0.05) is 18.2 Å². The van der Waals surface area contributed by atoms with Crippen molar-refractivity contribution in [2.75, 3.05) is 13.2 Å². The zero-order valence-corrected chi connectivity index (χ0v) is 8.33. The summed E-state index contributed by atoms with van der Waals surface area (Å²) in [4.78, 5) is 0. The molecule has 1 unspecified atom stereocenters. The standard InChI is InChI=1S/C10H10O3S/c14-10-12-7-9(13-10)6-11-8-4-2-1-3-5-8/h1-5,9H,6-7H2. The summed E-state index contributed by atoms with van der Waals surface area (Å²) < 4.78 is 15.6. The van der Waals surface area contributed by atoms with E-state index in [1.54, 1.807) is 0 Å². The average Bonchev–Trinajstić information content (AvgIpc) is 2.63. The van der Waals surface area contributed by atoms with Gasteiger partial charge in [0.05, 0.1) is 0 Å². The molecule has 0 aromatic heterocycles. The molecular weight excluding hydrogens is 200 g/mol. The normalized spacial score (nSPS) is 20.0. The van der Waals surface area contributed by atoms with E-state index < -0.39 is 0 Å². The molecule has 0 saturated carbocycles. The number of hydrogen-bond acceptors (Lipinski definition) is 4. The van der Waals surface area contributed by atoms with Crippen LogP contribution in [0.2, 0.25) is 0 Å². The van der Waals surface area contributed by atoms with Crippen molar-refractivity contribution in [3.05, 3.63) is 30.3 Å². The molecule has 14 heavy (non-hydrogen) atoms. The lowest BCUT2D eigenvalue weighted by Crippen LogP contribution is -2.19. The van der Waals surface area contributed by atoms with Gasteiger partial charge in [-0.15, -0.1) is 0 Å². The Hall–Kier alpha value is -1.29. The molecule has 1 fully saturated rings. The number of thiocarbonyl (C=S) groups is 1. The Morgan fingerprint density at radius 2 is 2.14 bits per heavy atom. The third kappa shape index (κ3) is 2.35. The van der Waals surface area contributed by atoms with Crippen LogP contribution < -0.4 is 4.74 Å². The molecule has 0 amide bonds. The number of benzene rings is 1. The van der Waals surface area contributed by atoms with Crippen molar-refractivity contribution in [1.29, 1.82) is 0 Å². The van der Waals surface area contributed by atoms with Gasteiger partial charge >= 0.3 is 5.24 Å². The van der Waals surface area contributed by atoms with Gasteiger partial charge in [-0.05, 0) is 12.1 Å². The Morgan fingerprint density at radius 1 is 1.36 bits per heavy atom. The Bertz CT molecular complexity index is 312. The first-order valence-electron chi connectivity index (χ1n) is 4.36. The van der Waals surface area contributed by atoms with Crippen LogP contribution in [0.3, 0.4) is 0 Å². The molecule has 1 heterocycles. The van der Waals surface area contributed by atoms with Crippen LogP contribution in [-0.2, 0) is 9.47 Å². The summed E-state index contributed by atoms with van der Waals surface area (Å²) >= 11 is 4.73. The first-order valence-corrected chi connectivity index (χ1v) is 4.76. The van der Waals surface area contributed by atoms with Crippen molar-refractivity contribution in [2.45, 2.75) is 6.10 Å². The summed E-state index contributed by atoms with van der Waals surface area (Å²) in [6.07, 6.45) is -0.0808. The third-order valence-corrected chi connectivity index (χ3v) is 2.04. The topological polar surface area (TPSA) is 27.7 Å². The molecule has 1 atom stereocenters. The highest BCUT2D eigenvalue weighted by molar-refractivity contribution is 7.79. The summed E-state index contributed by atoms with van der Waals surface area (Å²) in [7, 11) is 0. The van der Waals surface area contributed by atoms with Gasteiger partial charge < -0.3 is 14.2 Å². The quantitative estimate of drug-likeness (QED) is 0.711. The van der Waals surface area contributed by atoms with Crippen molar-refractivity contribution in [1.82, 2.24) is 0 Å². The molecule has 1 aliphatic heterocycles. The van der Waals surface area contributed by atoms with Crippen molar-refractivity contribution < 1.29 is 14.2 Å². The fourth-order valence-corrected chi connectivity index (χ4v) is 1.36. The summed E-state index contributed by atoms with van der Waals surface area (Å²) in [6, 6.07) is 9.58. The molecule has 1 aromatic rings. The average molecular weight is 210 g/mol. The van der Waals surface area contributed by atoms with Crippen LogP contribution in [0.1, 0.15) is 0 Å². The van der Waals surface area contributed by atoms with Gasteiger partial charge in [-0.3, -0.25) is 0 Å². The Labute approximate surface area is 87.6 Å². The van der Waals surface area contributed by atoms with Crippen LogP contribution in [0.15, 0.2) is 30.3 Å². The van der Waals surface area contributed by atoms with Crippen molar-refractivity contribution in [3.63, 3.8) is 0 Å². The predicted octanol–water partition coefficient (Wildman–Crippen LogP) is 1.77. The van der Waals surface area contributed by atoms with Crippen LogP contribution in [0.4, 0.5) is 0 Å². The van der Waals surface area contributed by atoms with E-state index in [1.807, 2.05) is 30.3 Å². The minimum absolute atomic E-state index is 0.0808. The van der Waals surface area contributed by atoms with E-state index in [2.05, 4.69) is 0 Å². The van der Waals surface area contributed by atoms with Crippen LogP contribution in [0.5, 0.6) is 5.75 Å². The van der Waals surface area contributed by atoms with Gasteiger partial charge in [0.25, 0.3) is 0 Å². The fraction of sp³-hybridized carbons (Fsp3) is 0.300. The molecule has 0 N–H and O–H groups in total. The third-order valence-electron chi connectivity index (χ3n) is 1.83. The summed E-state index contributed by atoms with van der Waals surface area (Å²) in [5, 5.41) is 0.215. The van der Waals surface area contributed by atoms with Crippen LogP contribution >= 0.6 is 12.2 Å². The number of rotatable bonds is 3. The van der Waals surface area contributed by atoms with Gasteiger partial charge in [0, 0.05) is 12.2 Å². The SMILES string of the molecule is S=C1OCC(COc2ccccc2)O1. The maximum atomic E-state index is 5.47. The van der Waals surface area contributed by atoms with Crippen LogP contribution in [0, 0.1) is 0 Å². The van der Waals surface area contributed by atoms with Gasteiger partial charge in [-0.2, -0.15) is 0 Å². The molecule has 0 bridgehead atoms. The van der Waals surface area contributed by atoms with Gasteiger partial charge in [0.1, 0.15) is 19.0 Å². The van der Waals surface area contributed by atoms with Crippen molar-refractivity contribution in [2.24, 2.45) is 0 Å². The number of hydrogen-bond donors (Lipinski definition) is 0. The second-order valence-corrected chi connectivity index (χ2v) is 3.26. The van der Waals surface area contributed by atoms with Gasteiger partial charge in [0.15, 0.2) is 6.10 Å². The zero-order valence-electron chi connectivity index (χ0n) is 7.51. The second kappa shape index (κ2) is 4.28. The minimum atomic E-state index is -0.0808. The zero-order chi connectivity index (χ0) is 9.80. The fourth-order valence-electron chi connectivity index (χ4n) is 1.15. The highest BCUT2D eigenvalue weighted by Crippen LogP contribution is 2.12. The minimum Gasteiger partial charge on any atom is -0.490 e. The Balaban J connectivity index is 1.80. The highest BCUT2D eigenvalue weighted by atomic mass is 32.1. The number of ether oxygens (including phenoxy) is 3. The largest absolute Gasteiger partial charge is 0.490 e. The molecule has 1 saturated heterocycles. The van der Waals surface area contributed by atoms with E-state index in [0.717, 1.165) is 5.75 Å². The second-order valence-electron chi connectivity index (χ2n) is 2.92. The maximum Gasteiger partial charge on any atom is 0.352 e. The lowest BCUT2D eigenvalue weighted by Gasteiger charge is -2.08. The van der Waals surface area contributed by atoms with E-state index >= 15 is 0 Å². The Morgan fingerprint density at radius 3 is 2.79 bits per heavy atom.